The Morgan fingerprint density at radius 1 is 1.03 bits per heavy atom. The first-order chi connectivity index (χ1) is 14.5. The number of urea groups is 1. The summed E-state index contributed by atoms with van der Waals surface area (Å²) >= 11 is 3.41. The molecule has 0 unspecified atom stereocenters. The second-order valence-electron chi connectivity index (χ2n) is 7.60. The summed E-state index contributed by atoms with van der Waals surface area (Å²) in [6, 6.07) is 16.5. The lowest BCUT2D eigenvalue weighted by Crippen LogP contribution is -2.54. The monoisotopic (exact) mass is 470 g/mol. The average Bonchev–Trinajstić information content (AvgIpc) is 2.98. The fourth-order valence-electron chi connectivity index (χ4n) is 3.94. The summed E-state index contributed by atoms with van der Waals surface area (Å²) in [7, 11) is 0. The number of halogens is 1. The number of nitrogens with zero attached hydrogens (tertiary/aromatic N) is 2. The van der Waals surface area contributed by atoms with E-state index in [1.54, 1.807) is 4.90 Å². The Morgan fingerprint density at radius 3 is 2.37 bits per heavy atom. The largest absolute Gasteiger partial charge is 0.325 e. The highest BCUT2D eigenvalue weighted by Gasteiger charge is 2.51. The van der Waals surface area contributed by atoms with Crippen molar-refractivity contribution in [2.45, 2.75) is 24.9 Å². The lowest BCUT2D eigenvalue weighted by Gasteiger charge is -2.31. The van der Waals surface area contributed by atoms with Crippen molar-refractivity contribution in [1.29, 1.82) is 0 Å². The third-order valence-corrected chi connectivity index (χ3v) is 6.15. The summed E-state index contributed by atoms with van der Waals surface area (Å²) in [5.41, 5.74) is 0.779. The number of amides is 4. The van der Waals surface area contributed by atoms with Crippen molar-refractivity contribution in [2.75, 3.05) is 24.5 Å². The predicted molar refractivity (Wildman–Crippen MR) is 117 cm³/mol. The van der Waals surface area contributed by atoms with Crippen LogP contribution in [-0.4, -0.2) is 47.9 Å². The lowest BCUT2D eigenvalue weighted by atomic mass is 9.88. The lowest BCUT2D eigenvalue weighted by molar-refractivity contribution is -0.135. The van der Waals surface area contributed by atoms with Crippen LogP contribution in [0.5, 0.6) is 0 Å². The summed E-state index contributed by atoms with van der Waals surface area (Å²) in [6.45, 7) is 1.38. The first-order valence-electron chi connectivity index (χ1n) is 9.93. The maximum absolute atomic E-state index is 13.3. The van der Waals surface area contributed by atoms with E-state index in [2.05, 4.69) is 26.6 Å². The van der Waals surface area contributed by atoms with Gasteiger partial charge >= 0.3 is 6.03 Å². The Bertz CT molecular complexity index is 943. The van der Waals surface area contributed by atoms with Crippen molar-refractivity contribution in [2.24, 2.45) is 0 Å². The molecule has 2 saturated heterocycles. The second-order valence-corrected chi connectivity index (χ2v) is 8.51. The van der Waals surface area contributed by atoms with E-state index < -0.39 is 11.6 Å². The Balaban J connectivity index is 1.56. The number of anilines is 1. The number of rotatable bonds is 5. The van der Waals surface area contributed by atoms with Gasteiger partial charge in [-0.3, -0.25) is 14.5 Å². The Morgan fingerprint density at radius 2 is 1.70 bits per heavy atom. The minimum atomic E-state index is -0.884. The van der Waals surface area contributed by atoms with Crippen molar-refractivity contribution in [1.82, 2.24) is 15.5 Å². The van der Waals surface area contributed by atoms with Gasteiger partial charge in [0, 0.05) is 10.2 Å². The Hall–Kier alpha value is -2.71. The van der Waals surface area contributed by atoms with Gasteiger partial charge in [0.15, 0.2) is 0 Å². The molecule has 2 N–H and O–H groups in total. The van der Waals surface area contributed by atoms with Crippen LogP contribution in [0.4, 0.5) is 10.5 Å². The second kappa shape index (κ2) is 8.57. The molecular weight excluding hydrogens is 448 g/mol. The van der Waals surface area contributed by atoms with Gasteiger partial charge in [-0.1, -0.05) is 46.3 Å². The van der Waals surface area contributed by atoms with Gasteiger partial charge < -0.3 is 15.5 Å². The van der Waals surface area contributed by atoms with Crippen LogP contribution in [0.3, 0.4) is 0 Å². The molecule has 0 aromatic heterocycles. The molecule has 2 aliphatic rings. The molecule has 0 saturated carbocycles. The Labute approximate surface area is 183 Å². The molecule has 8 heteroatoms. The molecule has 0 aliphatic carbocycles. The number of hydrogen-bond acceptors (Lipinski definition) is 4. The minimum absolute atomic E-state index is 0.289. The molecule has 2 aromatic rings. The van der Waals surface area contributed by atoms with Crippen LogP contribution in [0.25, 0.3) is 0 Å². The first-order valence-corrected chi connectivity index (χ1v) is 10.7. The molecule has 0 radical (unpaired) electrons. The van der Waals surface area contributed by atoms with Gasteiger partial charge in [-0.15, -0.1) is 0 Å². The van der Waals surface area contributed by atoms with E-state index in [0.717, 1.165) is 14.9 Å². The summed E-state index contributed by atoms with van der Waals surface area (Å²) < 4.78 is 0.903. The van der Waals surface area contributed by atoms with E-state index >= 15 is 0 Å². The predicted octanol–water partition coefficient (Wildman–Crippen LogP) is 2.66. The van der Waals surface area contributed by atoms with Crippen molar-refractivity contribution in [3.63, 3.8) is 0 Å². The van der Waals surface area contributed by atoms with Crippen LogP contribution in [-0.2, 0) is 16.1 Å². The molecule has 1 spiro atoms. The fraction of sp³-hybridized carbons (Fsp3) is 0.318. The fourth-order valence-corrected chi connectivity index (χ4v) is 4.21. The molecule has 156 valence electrons. The number of imide groups is 1. The van der Waals surface area contributed by atoms with Crippen LogP contribution in [0.2, 0.25) is 0 Å². The molecule has 7 nitrogen and oxygen atoms in total. The topological polar surface area (TPSA) is 81.8 Å². The first kappa shape index (κ1) is 20.6. The van der Waals surface area contributed by atoms with Crippen LogP contribution in [0.1, 0.15) is 18.4 Å². The van der Waals surface area contributed by atoms with Gasteiger partial charge in [0.2, 0.25) is 5.91 Å². The van der Waals surface area contributed by atoms with E-state index in [1.165, 1.54) is 0 Å². The Kier molecular flexibility index (Phi) is 5.87. The average molecular weight is 471 g/mol. The van der Waals surface area contributed by atoms with Crippen LogP contribution in [0.15, 0.2) is 59.1 Å². The van der Waals surface area contributed by atoms with Crippen LogP contribution in [0, 0.1) is 0 Å². The third-order valence-electron chi connectivity index (χ3n) is 5.62. The smallest absolute Gasteiger partial charge is 0.323 e. The number of carbonyl (C=O) groups is 3. The van der Waals surface area contributed by atoms with E-state index in [-0.39, 0.29) is 18.4 Å². The molecule has 4 rings (SSSR count). The molecule has 2 aromatic carbocycles. The standard InChI is InChI=1S/C22H23BrN4O3/c23-17-6-8-18(9-7-17)26(14-16-4-2-1-3-5-16)19(28)15-27-20(29)22(25-21(27)30)10-12-24-13-11-22/h1-9,24H,10-15H2,(H,25,30). The maximum Gasteiger partial charge on any atom is 0.325 e. The highest BCUT2D eigenvalue weighted by Crippen LogP contribution is 2.27. The normalized spacial score (nSPS) is 17.8. The number of benzene rings is 2. The van der Waals surface area contributed by atoms with Crippen LogP contribution >= 0.6 is 15.9 Å². The van der Waals surface area contributed by atoms with Crippen molar-refractivity contribution in [3.05, 3.63) is 64.6 Å². The molecular formula is C22H23BrN4O3. The van der Waals surface area contributed by atoms with Gasteiger partial charge in [-0.25, -0.2) is 4.79 Å². The minimum Gasteiger partial charge on any atom is -0.323 e. The molecule has 2 heterocycles. The summed E-state index contributed by atoms with van der Waals surface area (Å²) in [6.07, 6.45) is 1.06. The summed E-state index contributed by atoms with van der Waals surface area (Å²) in [5.74, 6) is -0.617. The number of nitrogens with one attached hydrogen (secondary N) is 2. The highest BCUT2D eigenvalue weighted by atomic mass is 79.9. The number of piperidine rings is 1. The van der Waals surface area contributed by atoms with Gasteiger partial charge in [-0.05, 0) is 55.8 Å². The molecule has 4 amide bonds. The van der Waals surface area contributed by atoms with Gasteiger partial charge in [-0.2, -0.15) is 0 Å². The van der Waals surface area contributed by atoms with Crippen molar-refractivity contribution in [3.8, 4) is 0 Å². The van der Waals surface area contributed by atoms with Gasteiger partial charge in [0.1, 0.15) is 12.1 Å². The molecule has 0 atom stereocenters. The zero-order valence-electron chi connectivity index (χ0n) is 16.4. The summed E-state index contributed by atoms with van der Waals surface area (Å²) in [4.78, 5) is 41.5. The van der Waals surface area contributed by atoms with Crippen LogP contribution < -0.4 is 15.5 Å². The molecule has 30 heavy (non-hydrogen) atoms. The van der Waals surface area contributed by atoms with Crippen molar-refractivity contribution < 1.29 is 14.4 Å². The van der Waals surface area contributed by atoms with Gasteiger partial charge in [0.25, 0.3) is 5.91 Å². The SMILES string of the molecule is O=C1NC2(CCNCC2)C(=O)N1CC(=O)N(Cc1ccccc1)c1ccc(Br)cc1. The highest BCUT2D eigenvalue weighted by molar-refractivity contribution is 9.10. The molecule has 2 fully saturated rings. The van der Waals surface area contributed by atoms with Gasteiger partial charge in [0.05, 0.1) is 6.54 Å². The maximum atomic E-state index is 13.3. The van der Waals surface area contributed by atoms with E-state index in [1.807, 2.05) is 54.6 Å². The quantitative estimate of drug-likeness (QED) is 0.658. The number of hydrogen-bond donors (Lipinski definition) is 2. The number of carbonyl (C=O) groups excluding carboxylic acids is 3. The third kappa shape index (κ3) is 4.11. The van der Waals surface area contributed by atoms with E-state index in [4.69, 9.17) is 0 Å². The molecule has 0 bridgehead atoms. The zero-order valence-corrected chi connectivity index (χ0v) is 18.0. The van der Waals surface area contributed by atoms with E-state index in [9.17, 15) is 14.4 Å². The van der Waals surface area contributed by atoms with Crippen molar-refractivity contribution >= 4 is 39.5 Å². The van der Waals surface area contributed by atoms with E-state index in [0.29, 0.717) is 38.2 Å². The summed E-state index contributed by atoms with van der Waals surface area (Å²) in [5, 5.41) is 6.03. The molecule has 2 aliphatic heterocycles. The zero-order chi connectivity index (χ0) is 21.1.